The summed E-state index contributed by atoms with van der Waals surface area (Å²) in [5.41, 5.74) is 1.08. The van der Waals surface area contributed by atoms with E-state index in [-0.39, 0.29) is 4.75 Å². The molecule has 0 fully saturated rings. The van der Waals surface area contributed by atoms with Crippen molar-refractivity contribution < 1.29 is 8.95 Å². The van der Waals surface area contributed by atoms with Crippen LogP contribution in [0.3, 0.4) is 0 Å². The van der Waals surface area contributed by atoms with Crippen molar-refractivity contribution in [3.8, 4) is 5.75 Å². The Labute approximate surface area is 142 Å². The van der Waals surface area contributed by atoms with Crippen molar-refractivity contribution in [3.63, 3.8) is 0 Å². The van der Waals surface area contributed by atoms with Crippen LogP contribution in [0.4, 0.5) is 0 Å². The molecule has 2 N–H and O–H groups in total. The molecule has 0 radical (unpaired) electrons. The topological polar surface area (TPSA) is 62.7 Å². The van der Waals surface area contributed by atoms with Gasteiger partial charge >= 0.3 is 0 Å². The van der Waals surface area contributed by atoms with Crippen LogP contribution in [-0.2, 0) is 17.3 Å². The van der Waals surface area contributed by atoms with Gasteiger partial charge in [0.05, 0.1) is 6.61 Å². The predicted octanol–water partition coefficient (Wildman–Crippen LogP) is 2.30. The van der Waals surface area contributed by atoms with Crippen LogP contribution in [0.1, 0.15) is 33.3 Å². The Kier molecular flexibility index (Phi) is 8.09. The first-order chi connectivity index (χ1) is 10.9. The van der Waals surface area contributed by atoms with Gasteiger partial charge in [-0.3, -0.25) is 9.20 Å². The Morgan fingerprint density at radius 3 is 2.57 bits per heavy atom. The molecule has 0 bridgehead atoms. The minimum Gasteiger partial charge on any atom is -0.494 e. The predicted molar refractivity (Wildman–Crippen MR) is 98.6 cm³/mol. The van der Waals surface area contributed by atoms with Crippen LogP contribution in [0.2, 0.25) is 0 Å². The molecule has 23 heavy (non-hydrogen) atoms. The average Bonchev–Trinajstić information content (AvgIpc) is 2.51. The summed E-state index contributed by atoms with van der Waals surface area (Å²) in [5, 5.41) is 6.46. The van der Waals surface area contributed by atoms with Crippen LogP contribution in [0.15, 0.2) is 29.3 Å². The zero-order chi connectivity index (χ0) is 17.3. The Balaban J connectivity index is 2.48. The normalized spacial score (nSPS) is 13.5. The molecule has 1 atom stereocenters. The summed E-state index contributed by atoms with van der Waals surface area (Å²) >= 11 is 0. The number of benzene rings is 1. The average molecular weight is 340 g/mol. The van der Waals surface area contributed by atoms with E-state index >= 15 is 0 Å². The van der Waals surface area contributed by atoms with Crippen LogP contribution < -0.4 is 15.4 Å². The van der Waals surface area contributed by atoms with Gasteiger partial charge < -0.3 is 15.4 Å². The number of nitrogens with zero attached hydrogens (tertiary/aromatic N) is 1. The quantitative estimate of drug-likeness (QED) is 0.591. The van der Waals surface area contributed by atoms with Gasteiger partial charge in [0.2, 0.25) is 0 Å². The fraction of sp³-hybridized carbons (Fsp3) is 0.588. The van der Waals surface area contributed by atoms with Crippen molar-refractivity contribution in [3.05, 3.63) is 29.8 Å². The number of ether oxygens (including phenoxy) is 1. The second-order valence-electron chi connectivity index (χ2n) is 6.06. The summed E-state index contributed by atoms with van der Waals surface area (Å²) in [6.45, 7) is 9.82. The van der Waals surface area contributed by atoms with Crippen molar-refractivity contribution in [2.24, 2.45) is 4.99 Å². The highest BCUT2D eigenvalue weighted by molar-refractivity contribution is 7.86. The first kappa shape index (κ1) is 19.5. The zero-order valence-corrected chi connectivity index (χ0v) is 15.6. The van der Waals surface area contributed by atoms with E-state index in [0.717, 1.165) is 11.3 Å². The van der Waals surface area contributed by atoms with Crippen molar-refractivity contribution in [1.29, 1.82) is 0 Å². The summed E-state index contributed by atoms with van der Waals surface area (Å²) in [6, 6.07) is 7.94. The maximum absolute atomic E-state index is 12.0. The van der Waals surface area contributed by atoms with E-state index in [1.807, 2.05) is 52.0 Å². The number of aliphatic imine (C=N–C) groups is 1. The summed E-state index contributed by atoms with van der Waals surface area (Å²) in [7, 11) is 0.859. The molecule has 130 valence electrons. The summed E-state index contributed by atoms with van der Waals surface area (Å²) in [5.74, 6) is 2.17. The third kappa shape index (κ3) is 7.03. The van der Waals surface area contributed by atoms with E-state index < -0.39 is 10.8 Å². The molecule has 0 heterocycles. The Morgan fingerprint density at radius 1 is 1.26 bits per heavy atom. The van der Waals surface area contributed by atoms with Crippen molar-refractivity contribution in [2.75, 3.05) is 26.0 Å². The fourth-order valence-corrected chi connectivity index (χ4v) is 2.81. The lowest BCUT2D eigenvalue weighted by Gasteiger charge is -2.18. The molecule has 1 rings (SSSR count). The summed E-state index contributed by atoms with van der Waals surface area (Å²) < 4.78 is 17.5. The molecule has 5 nitrogen and oxygen atoms in total. The highest BCUT2D eigenvalue weighted by atomic mass is 32.2. The number of guanidine groups is 1. The molecule has 1 aromatic rings. The molecule has 0 amide bonds. The molecule has 0 aromatic heterocycles. The molecular weight excluding hydrogens is 310 g/mol. The Bertz CT molecular complexity index is 539. The molecule has 0 aliphatic carbocycles. The third-order valence-electron chi connectivity index (χ3n) is 3.21. The molecule has 0 aliphatic rings. The summed E-state index contributed by atoms with van der Waals surface area (Å²) in [4.78, 5) is 4.19. The minimum absolute atomic E-state index is 0.185. The SMILES string of the molecule is CCOc1ccccc1CNC(=NC)NCCS(=O)C(C)(C)C. The van der Waals surface area contributed by atoms with Crippen LogP contribution in [0, 0.1) is 0 Å². The van der Waals surface area contributed by atoms with E-state index in [1.54, 1.807) is 7.05 Å². The van der Waals surface area contributed by atoms with Crippen LogP contribution in [0.25, 0.3) is 0 Å². The fourth-order valence-electron chi connectivity index (χ4n) is 1.91. The van der Waals surface area contributed by atoms with Gasteiger partial charge in [0.25, 0.3) is 0 Å². The molecule has 6 heteroatoms. The maximum Gasteiger partial charge on any atom is 0.191 e. The lowest BCUT2D eigenvalue weighted by atomic mass is 10.2. The van der Waals surface area contributed by atoms with Gasteiger partial charge in [0.15, 0.2) is 5.96 Å². The van der Waals surface area contributed by atoms with E-state index in [9.17, 15) is 4.21 Å². The second kappa shape index (κ2) is 9.55. The Hall–Kier alpha value is -1.56. The number of nitrogens with one attached hydrogen (secondary N) is 2. The van der Waals surface area contributed by atoms with Gasteiger partial charge in [-0.1, -0.05) is 18.2 Å². The van der Waals surface area contributed by atoms with Crippen molar-refractivity contribution >= 4 is 16.8 Å². The number of rotatable bonds is 7. The van der Waals surface area contributed by atoms with Gasteiger partial charge in [0, 0.05) is 47.0 Å². The van der Waals surface area contributed by atoms with E-state index in [2.05, 4.69) is 15.6 Å². The molecule has 0 spiro atoms. The highest BCUT2D eigenvalue weighted by Crippen LogP contribution is 2.17. The Morgan fingerprint density at radius 2 is 1.96 bits per heavy atom. The zero-order valence-electron chi connectivity index (χ0n) is 14.8. The van der Waals surface area contributed by atoms with Crippen LogP contribution >= 0.6 is 0 Å². The van der Waals surface area contributed by atoms with Crippen LogP contribution in [0.5, 0.6) is 5.75 Å². The molecule has 1 unspecified atom stereocenters. The smallest absolute Gasteiger partial charge is 0.191 e. The second-order valence-corrected chi connectivity index (χ2v) is 8.38. The maximum atomic E-state index is 12.0. The van der Waals surface area contributed by atoms with Gasteiger partial charge in [-0.15, -0.1) is 0 Å². The summed E-state index contributed by atoms with van der Waals surface area (Å²) in [6.07, 6.45) is 0. The van der Waals surface area contributed by atoms with E-state index in [1.165, 1.54) is 0 Å². The third-order valence-corrected chi connectivity index (χ3v) is 5.15. The highest BCUT2D eigenvalue weighted by Gasteiger charge is 2.18. The largest absolute Gasteiger partial charge is 0.494 e. The van der Waals surface area contributed by atoms with E-state index in [4.69, 9.17) is 4.74 Å². The van der Waals surface area contributed by atoms with Gasteiger partial charge in [-0.25, -0.2) is 0 Å². The van der Waals surface area contributed by atoms with Crippen molar-refractivity contribution in [2.45, 2.75) is 39.0 Å². The standard InChI is InChI=1S/C17H29N3O2S/c1-6-22-15-10-8-7-9-14(15)13-20-16(18-5)19-11-12-23(21)17(2,3)4/h7-10H,6,11-13H2,1-5H3,(H2,18,19,20). The van der Waals surface area contributed by atoms with Crippen LogP contribution in [-0.4, -0.2) is 40.9 Å². The lowest BCUT2D eigenvalue weighted by molar-refractivity contribution is 0.336. The number of para-hydroxylation sites is 1. The van der Waals surface area contributed by atoms with Gasteiger partial charge in [-0.2, -0.15) is 0 Å². The molecule has 0 saturated carbocycles. The number of hydrogen-bond donors (Lipinski definition) is 2. The van der Waals surface area contributed by atoms with Crippen molar-refractivity contribution in [1.82, 2.24) is 10.6 Å². The van der Waals surface area contributed by atoms with E-state index in [0.29, 0.717) is 31.4 Å². The monoisotopic (exact) mass is 339 g/mol. The first-order valence-corrected chi connectivity index (χ1v) is 9.24. The number of hydrogen-bond acceptors (Lipinski definition) is 3. The molecule has 1 aromatic carbocycles. The molecule has 0 saturated heterocycles. The molecule has 0 aliphatic heterocycles. The molecular formula is C17H29N3O2S. The van der Waals surface area contributed by atoms with Gasteiger partial charge in [-0.05, 0) is 33.8 Å². The minimum atomic E-state index is -0.867. The van der Waals surface area contributed by atoms with Gasteiger partial charge in [0.1, 0.15) is 5.75 Å². The lowest BCUT2D eigenvalue weighted by Crippen LogP contribution is -2.40. The first-order valence-electron chi connectivity index (χ1n) is 7.92.